The minimum Gasteiger partial charge on any atom is -0.714 e. The summed E-state index contributed by atoms with van der Waals surface area (Å²) >= 11 is 0. The number of hydrogen-bond acceptors (Lipinski definition) is 6. The fourth-order valence-electron chi connectivity index (χ4n) is 4.03. The number of ether oxygens (including phenoxy) is 3. The molecule has 2 aliphatic heterocycles. The van der Waals surface area contributed by atoms with Crippen LogP contribution in [0.5, 0.6) is 11.5 Å². The highest BCUT2D eigenvalue weighted by molar-refractivity contribution is 5.96. The van der Waals surface area contributed by atoms with E-state index in [1.165, 1.54) is 7.11 Å². The lowest BCUT2D eigenvalue weighted by atomic mass is 9.84. The molecular formula is C24H36N3O6. The Bertz CT molecular complexity index is 935. The predicted octanol–water partition coefficient (Wildman–Crippen LogP) is 3.95. The normalized spacial score (nSPS) is 22.0. The molecule has 1 saturated heterocycles. The van der Waals surface area contributed by atoms with Crippen LogP contribution in [0.25, 0.3) is 0 Å². The first-order valence-electron chi connectivity index (χ1n) is 11.3. The minimum atomic E-state index is -0.903. The van der Waals surface area contributed by atoms with Crippen molar-refractivity contribution in [1.29, 1.82) is 0 Å². The Balaban J connectivity index is 1.78. The molecule has 183 valence electrons. The van der Waals surface area contributed by atoms with Crippen molar-refractivity contribution in [3.63, 3.8) is 0 Å². The Labute approximate surface area is 196 Å². The molecule has 1 aromatic carbocycles. The van der Waals surface area contributed by atoms with Gasteiger partial charge in [0.2, 0.25) is 0 Å². The molecule has 1 aromatic rings. The number of hydrogen-bond donors (Lipinski definition) is 0. The molecule has 0 N–H and O–H groups in total. The number of hydroxylamine groups is 3. The number of amidine groups is 1. The van der Waals surface area contributed by atoms with Crippen molar-refractivity contribution in [3.05, 3.63) is 29.0 Å². The highest BCUT2D eigenvalue weighted by atomic mass is 16.6. The van der Waals surface area contributed by atoms with Crippen molar-refractivity contribution in [2.45, 2.75) is 84.0 Å². The Kier molecular flexibility index (Phi) is 6.50. The van der Waals surface area contributed by atoms with Crippen molar-refractivity contribution in [1.82, 2.24) is 9.96 Å². The monoisotopic (exact) mass is 462 g/mol. The van der Waals surface area contributed by atoms with Gasteiger partial charge < -0.3 is 24.3 Å². The number of methoxy groups -OCH3 is 1. The van der Waals surface area contributed by atoms with Gasteiger partial charge in [0, 0.05) is 11.8 Å². The minimum absolute atomic E-state index is 0.0433. The molecule has 0 spiro atoms. The third kappa shape index (κ3) is 4.55. The van der Waals surface area contributed by atoms with Crippen molar-refractivity contribution >= 4 is 11.9 Å². The lowest BCUT2D eigenvalue weighted by Gasteiger charge is -2.32. The van der Waals surface area contributed by atoms with E-state index in [1.807, 2.05) is 20.8 Å². The summed E-state index contributed by atoms with van der Waals surface area (Å²) < 4.78 is 17.8. The first-order valence-corrected chi connectivity index (χ1v) is 11.3. The average Bonchev–Trinajstić information content (AvgIpc) is 3.23. The molecule has 0 saturated carbocycles. The van der Waals surface area contributed by atoms with Crippen molar-refractivity contribution in [2.24, 2.45) is 0 Å². The van der Waals surface area contributed by atoms with Gasteiger partial charge in [-0.15, -0.1) is 0 Å². The van der Waals surface area contributed by atoms with E-state index in [4.69, 9.17) is 14.2 Å². The van der Waals surface area contributed by atoms with Gasteiger partial charge in [-0.1, -0.05) is 5.06 Å². The van der Waals surface area contributed by atoms with E-state index in [9.17, 15) is 15.2 Å². The van der Waals surface area contributed by atoms with E-state index in [0.717, 1.165) is 22.6 Å². The molecule has 0 bridgehead atoms. The first-order chi connectivity index (χ1) is 15.2. The van der Waals surface area contributed by atoms with Crippen LogP contribution in [0.4, 0.5) is 4.79 Å². The zero-order chi connectivity index (χ0) is 24.8. The molecule has 1 amide bonds. The van der Waals surface area contributed by atoms with Gasteiger partial charge in [0.1, 0.15) is 17.7 Å². The number of carbonyl (C=O) groups is 1. The molecule has 33 heavy (non-hydrogen) atoms. The summed E-state index contributed by atoms with van der Waals surface area (Å²) in [6.45, 7) is 13.5. The van der Waals surface area contributed by atoms with Gasteiger partial charge in [0.25, 0.3) is 0 Å². The molecule has 3 rings (SSSR count). The van der Waals surface area contributed by atoms with E-state index < -0.39 is 16.7 Å². The number of benzene rings is 1. The molecule has 0 unspecified atom stereocenters. The zero-order valence-corrected chi connectivity index (χ0v) is 20.9. The van der Waals surface area contributed by atoms with Crippen molar-refractivity contribution < 1.29 is 29.0 Å². The highest BCUT2D eigenvalue weighted by Gasteiger charge is 2.60. The number of likely N-dealkylation sites (tertiary alicyclic amines) is 1. The Morgan fingerprint density at radius 1 is 1.21 bits per heavy atom. The molecular weight excluding hydrogens is 426 g/mol. The van der Waals surface area contributed by atoms with Crippen LogP contribution in [-0.2, 0) is 9.94 Å². The average molecular weight is 463 g/mol. The van der Waals surface area contributed by atoms with Crippen molar-refractivity contribution in [2.75, 3.05) is 20.3 Å². The number of nitrogens with zero attached hydrogens (tertiary/aromatic N) is 3. The van der Waals surface area contributed by atoms with E-state index in [0.29, 0.717) is 23.6 Å². The van der Waals surface area contributed by atoms with E-state index in [2.05, 4.69) is 0 Å². The van der Waals surface area contributed by atoms with E-state index in [1.54, 1.807) is 50.8 Å². The maximum Gasteiger partial charge on any atom is 0.410 e. The quantitative estimate of drug-likeness (QED) is 0.486. The summed E-state index contributed by atoms with van der Waals surface area (Å²) in [7, 11) is 1.51. The maximum atomic E-state index is 13.0. The van der Waals surface area contributed by atoms with E-state index in [-0.39, 0.29) is 24.6 Å². The predicted molar refractivity (Wildman–Crippen MR) is 123 cm³/mol. The van der Waals surface area contributed by atoms with Crippen LogP contribution in [0.15, 0.2) is 18.2 Å². The first kappa shape index (κ1) is 25.0. The summed E-state index contributed by atoms with van der Waals surface area (Å²) in [6.07, 6.45) is 1.36. The van der Waals surface area contributed by atoms with Crippen LogP contribution in [0, 0.1) is 5.21 Å². The molecule has 2 aliphatic rings. The summed E-state index contributed by atoms with van der Waals surface area (Å²) in [5, 5.41) is 26.7. The second kappa shape index (κ2) is 8.59. The summed E-state index contributed by atoms with van der Waals surface area (Å²) in [5.41, 5.74) is -1.91. The van der Waals surface area contributed by atoms with Crippen LogP contribution in [0.3, 0.4) is 0 Å². The Morgan fingerprint density at radius 2 is 1.88 bits per heavy atom. The van der Waals surface area contributed by atoms with E-state index >= 15 is 0 Å². The van der Waals surface area contributed by atoms with Gasteiger partial charge in [-0.2, -0.15) is 0 Å². The molecule has 1 atom stereocenters. The fraction of sp³-hybridized carbons (Fsp3) is 0.667. The summed E-state index contributed by atoms with van der Waals surface area (Å²) in [4.78, 5) is 14.2. The Morgan fingerprint density at radius 3 is 2.42 bits per heavy atom. The number of carbonyl (C=O) groups excluding carboxylic acids is 1. The SMILES string of the molecule is COc1cc(C2=[N+]([O-])C(C)(C)C(C)(C)N2[O])ccc1OC[C@@H]1CCCN1C(=O)OC(C)(C)C. The summed E-state index contributed by atoms with van der Waals surface area (Å²) in [6, 6.07) is 4.90. The molecule has 0 aliphatic carbocycles. The van der Waals surface area contributed by atoms with Crippen LogP contribution in [-0.4, -0.2) is 69.6 Å². The van der Waals surface area contributed by atoms with Crippen LogP contribution in [0.2, 0.25) is 0 Å². The molecule has 1 fully saturated rings. The standard InChI is InChI=1S/C24H36N3O6/c1-22(2,3)33-21(28)25-13-9-10-17(25)15-32-18-12-11-16(14-19(18)31-8)20-26(29)23(4,5)24(6,7)27(20)30/h11-12,14,17H,9-10,13,15H2,1-8H3/t17-/m0/s1. The zero-order valence-electron chi connectivity index (χ0n) is 20.9. The van der Waals surface area contributed by atoms with Gasteiger partial charge in [0.05, 0.1) is 18.7 Å². The Hall–Kier alpha value is -2.68. The molecule has 1 radical (unpaired) electrons. The highest BCUT2D eigenvalue weighted by Crippen LogP contribution is 2.39. The van der Waals surface area contributed by atoms with Gasteiger partial charge in [-0.05, 0) is 79.5 Å². The molecule has 9 heteroatoms. The fourth-order valence-corrected chi connectivity index (χ4v) is 4.03. The lowest BCUT2D eigenvalue weighted by Crippen LogP contribution is -2.53. The third-order valence-corrected chi connectivity index (χ3v) is 6.76. The molecule has 9 nitrogen and oxygen atoms in total. The second-order valence-electron chi connectivity index (χ2n) is 10.7. The van der Waals surface area contributed by atoms with Crippen LogP contribution >= 0.6 is 0 Å². The third-order valence-electron chi connectivity index (χ3n) is 6.76. The van der Waals surface area contributed by atoms with Crippen LogP contribution in [0.1, 0.15) is 66.9 Å². The number of amides is 1. The van der Waals surface area contributed by atoms with Crippen molar-refractivity contribution in [3.8, 4) is 11.5 Å². The van der Waals surface area contributed by atoms with Crippen LogP contribution < -0.4 is 9.47 Å². The van der Waals surface area contributed by atoms with Gasteiger partial charge in [-0.25, -0.2) is 4.79 Å². The van der Waals surface area contributed by atoms with Gasteiger partial charge >= 0.3 is 11.9 Å². The van der Waals surface area contributed by atoms with Gasteiger partial charge in [-0.3, -0.25) is 4.74 Å². The maximum absolute atomic E-state index is 13.0. The number of rotatable bonds is 5. The summed E-state index contributed by atoms with van der Waals surface area (Å²) in [5.74, 6) is 0.928. The molecule has 0 aromatic heterocycles. The lowest BCUT2D eigenvalue weighted by molar-refractivity contribution is -0.539. The largest absolute Gasteiger partial charge is 0.714 e. The smallest absolute Gasteiger partial charge is 0.410 e. The topological polar surface area (TPSA) is 97.2 Å². The second-order valence-corrected chi connectivity index (χ2v) is 10.7. The van der Waals surface area contributed by atoms with Gasteiger partial charge in [0.15, 0.2) is 17.0 Å². The molecule has 2 heterocycles.